The van der Waals surface area contributed by atoms with Gasteiger partial charge in [0.05, 0.1) is 25.6 Å². The van der Waals surface area contributed by atoms with Gasteiger partial charge in [0.15, 0.2) is 0 Å². The Hall–Kier alpha value is -2.65. The summed E-state index contributed by atoms with van der Waals surface area (Å²) in [6, 6.07) is 9.84. The van der Waals surface area contributed by atoms with Gasteiger partial charge in [-0.1, -0.05) is 6.07 Å². The van der Waals surface area contributed by atoms with Crippen LogP contribution in [0.1, 0.15) is 12.7 Å². The van der Waals surface area contributed by atoms with Gasteiger partial charge in [-0.2, -0.15) is 4.31 Å². The number of carbonyl (C=O) groups is 2. The summed E-state index contributed by atoms with van der Waals surface area (Å²) >= 11 is 0. The molecule has 0 radical (unpaired) electrons. The van der Waals surface area contributed by atoms with E-state index in [9.17, 15) is 18.0 Å². The zero-order valence-electron chi connectivity index (χ0n) is 13.9. The zero-order chi connectivity index (χ0) is 18.4. The Morgan fingerprint density at radius 2 is 1.80 bits per heavy atom. The molecule has 1 aromatic heterocycles. The summed E-state index contributed by atoms with van der Waals surface area (Å²) in [5.74, 6) is -0.298. The van der Waals surface area contributed by atoms with Gasteiger partial charge in [-0.05, 0) is 30.3 Å². The first-order chi connectivity index (χ1) is 11.7. The van der Waals surface area contributed by atoms with E-state index in [1.165, 1.54) is 13.2 Å². The highest BCUT2D eigenvalue weighted by atomic mass is 32.2. The van der Waals surface area contributed by atoms with Crippen molar-refractivity contribution in [3.63, 3.8) is 0 Å². The normalized spacial score (nSPS) is 11.3. The number of hydrogen-bond donors (Lipinski definition) is 2. The van der Waals surface area contributed by atoms with E-state index < -0.39 is 15.9 Å². The van der Waals surface area contributed by atoms with Gasteiger partial charge < -0.3 is 15.1 Å². The molecule has 0 aliphatic carbocycles. The van der Waals surface area contributed by atoms with Crippen LogP contribution in [0.2, 0.25) is 0 Å². The number of nitrogens with zero attached hydrogens (tertiary/aromatic N) is 1. The van der Waals surface area contributed by atoms with Gasteiger partial charge in [0.25, 0.3) is 0 Å². The van der Waals surface area contributed by atoms with E-state index in [1.54, 1.807) is 36.4 Å². The summed E-state index contributed by atoms with van der Waals surface area (Å²) in [5.41, 5.74) is 0.976. The van der Waals surface area contributed by atoms with Gasteiger partial charge >= 0.3 is 0 Å². The summed E-state index contributed by atoms with van der Waals surface area (Å²) in [5, 5.41) is 5.22. The largest absolute Gasteiger partial charge is 0.468 e. The molecule has 2 amide bonds. The third-order valence-corrected chi connectivity index (χ3v) is 4.36. The Morgan fingerprint density at radius 3 is 2.36 bits per heavy atom. The number of rotatable bonds is 7. The number of amides is 2. The predicted octanol–water partition coefficient (Wildman–Crippen LogP) is 1.64. The maximum atomic E-state index is 12.2. The monoisotopic (exact) mass is 365 g/mol. The zero-order valence-corrected chi connectivity index (χ0v) is 14.7. The van der Waals surface area contributed by atoms with Crippen LogP contribution in [0.3, 0.4) is 0 Å². The minimum Gasteiger partial charge on any atom is -0.468 e. The molecular formula is C16H19N3O5S. The van der Waals surface area contributed by atoms with Crippen LogP contribution in [0, 0.1) is 0 Å². The smallest absolute Gasteiger partial charge is 0.239 e. The van der Waals surface area contributed by atoms with Crippen molar-refractivity contribution in [1.82, 2.24) is 4.31 Å². The molecule has 0 aliphatic heterocycles. The van der Waals surface area contributed by atoms with E-state index >= 15 is 0 Å². The van der Waals surface area contributed by atoms with Crippen molar-refractivity contribution in [2.24, 2.45) is 0 Å². The van der Waals surface area contributed by atoms with Gasteiger partial charge in [-0.3, -0.25) is 9.59 Å². The fourth-order valence-electron chi connectivity index (χ4n) is 2.11. The van der Waals surface area contributed by atoms with Crippen LogP contribution in [0.5, 0.6) is 0 Å². The first kappa shape index (κ1) is 18.7. The fourth-order valence-corrected chi connectivity index (χ4v) is 2.82. The Balaban J connectivity index is 2.05. The lowest BCUT2D eigenvalue weighted by Gasteiger charge is -2.18. The average molecular weight is 365 g/mol. The Labute approximate surface area is 145 Å². The molecule has 0 unspecified atom stereocenters. The van der Waals surface area contributed by atoms with Crippen molar-refractivity contribution in [1.29, 1.82) is 0 Å². The van der Waals surface area contributed by atoms with Gasteiger partial charge in [0, 0.05) is 18.3 Å². The fraction of sp³-hybridized carbons (Fsp3) is 0.250. The molecule has 8 nitrogen and oxygen atoms in total. The molecule has 0 atom stereocenters. The second kappa shape index (κ2) is 7.95. The molecule has 0 fully saturated rings. The van der Waals surface area contributed by atoms with E-state index in [2.05, 4.69) is 10.6 Å². The highest BCUT2D eigenvalue weighted by Crippen LogP contribution is 2.15. The topological polar surface area (TPSA) is 109 Å². The van der Waals surface area contributed by atoms with Gasteiger partial charge in [-0.25, -0.2) is 8.42 Å². The summed E-state index contributed by atoms with van der Waals surface area (Å²) in [4.78, 5) is 23.3. The molecule has 134 valence electrons. The number of nitrogens with one attached hydrogen (secondary N) is 2. The van der Waals surface area contributed by atoms with E-state index in [-0.39, 0.29) is 19.0 Å². The lowest BCUT2D eigenvalue weighted by atomic mass is 10.2. The van der Waals surface area contributed by atoms with Crippen LogP contribution >= 0.6 is 0 Å². The van der Waals surface area contributed by atoms with E-state index in [4.69, 9.17) is 4.42 Å². The average Bonchev–Trinajstić information content (AvgIpc) is 2.98. The van der Waals surface area contributed by atoms with Crippen LogP contribution in [0.15, 0.2) is 47.1 Å². The minimum atomic E-state index is -3.60. The highest BCUT2D eigenvalue weighted by molar-refractivity contribution is 7.88. The van der Waals surface area contributed by atoms with Crippen LogP contribution in [-0.2, 0) is 26.2 Å². The van der Waals surface area contributed by atoms with Crippen molar-refractivity contribution in [2.75, 3.05) is 23.4 Å². The van der Waals surface area contributed by atoms with Crippen LogP contribution in [-0.4, -0.2) is 37.3 Å². The molecule has 0 spiro atoms. The summed E-state index contributed by atoms with van der Waals surface area (Å²) in [6.45, 7) is 0.985. The molecule has 2 N–H and O–H groups in total. The molecule has 25 heavy (non-hydrogen) atoms. The molecule has 2 rings (SSSR count). The number of benzene rings is 1. The third-order valence-electron chi connectivity index (χ3n) is 3.17. The minimum absolute atomic E-state index is 0.0365. The molecule has 2 aromatic rings. The molecule has 0 saturated carbocycles. The Morgan fingerprint density at radius 1 is 1.12 bits per heavy atom. The molecule has 1 heterocycles. The van der Waals surface area contributed by atoms with Crippen molar-refractivity contribution in [3.8, 4) is 0 Å². The summed E-state index contributed by atoms with van der Waals surface area (Å²) in [7, 11) is -3.60. The number of carbonyl (C=O) groups excluding carboxylic acids is 2. The Bertz CT molecular complexity index is 846. The molecule has 0 bridgehead atoms. The van der Waals surface area contributed by atoms with Crippen LogP contribution in [0.4, 0.5) is 11.4 Å². The van der Waals surface area contributed by atoms with E-state index in [1.807, 2.05) is 0 Å². The Kier molecular flexibility index (Phi) is 5.94. The second-order valence-corrected chi connectivity index (χ2v) is 7.40. The number of anilines is 2. The third kappa shape index (κ3) is 6.05. The quantitative estimate of drug-likeness (QED) is 0.775. The van der Waals surface area contributed by atoms with Crippen molar-refractivity contribution < 1.29 is 22.4 Å². The van der Waals surface area contributed by atoms with Gasteiger partial charge in [0.1, 0.15) is 5.76 Å². The summed E-state index contributed by atoms with van der Waals surface area (Å²) < 4.78 is 29.9. The molecular weight excluding hydrogens is 346 g/mol. The van der Waals surface area contributed by atoms with Crippen molar-refractivity contribution in [2.45, 2.75) is 13.5 Å². The number of sulfonamides is 1. The SMILES string of the molecule is CC(=O)Nc1cccc(NC(=O)CN(Cc2ccco2)S(C)(=O)=O)c1. The van der Waals surface area contributed by atoms with Crippen LogP contribution in [0.25, 0.3) is 0 Å². The van der Waals surface area contributed by atoms with Gasteiger partial charge in [-0.15, -0.1) is 0 Å². The van der Waals surface area contributed by atoms with Crippen molar-refractivity contribution in [3.05, 3.63) is 48.4 Å². The maximum Gasteiger partial charge on any atom is 0.239 e. The predicted molar refractivity (Wildman–Crippen MR) is 93.3 cm³/mol. The number of furan rings is 1. The second-order valence-electron chi connectivity index (χ2n) is 5.42. The van der Waals surface area contributed by atoms with Gasteiger partial charge in [0.2, 0.25) is 21.8 Å². The molecule has 9 heteroatoms. The summed E-state index contributed by atoms with van der Waals surface area (Å²) in [6.07, 6.45) is 2.46. The maximum absolute atomic E-state index is 12.2. The number of hydrogen-bond acceptors (Lipinski definition) is 5. The van der Waals surface area contributed by atoms with E-state index in [0.717, 1.165) is 10.6 Å². The van der Waals surface area contributed by atoms with Crippen molar-refractivity contribution >= 4 is 33.2 Å². The molecule has 0 aliphatic rings. The van der Waals surface area contributed by atoms with Crippen LogP contribution < -0.4 is 10.6 Å². The standard InChI is InChI=1S/C16H19N3O5S/c1-12(20)17-13-5-3-6-14(9-13)18-16(21)11-19(25(2,22)23)10-15-7-4-8-24-15/h3-9H,10-11H2,1-2H3,(H,17,20)(H,18,21). The lowest BCUT2D eigenvalue weighted by molar-refractivity contribution is -0.116. The molecule has 0 saturated heterocycles. The first-order valence-corrected chi connectivity index (χ1v) is 9.24. The molecule has 1 aromatic carbocycles. The lowest BCUT2D eigenvalue weighted by Crippen LogP contribution is -2.36. The highest BCUT2D eigenvalue weighted by Gasteiger charge is 2.21. The van der Waals surface area contributed by atoms with E-state index in [0.29, 0.717) is 17.1 Å². The first-order valence-electron chi connectivity index (χ1n) is 7.39.